The van der Waals surface area contributed by atoms with E-state index in [1.54, 1.807) is 18.5 Å². The van der Waals surface area contributed by atoms with Crippen molar-refractivity contribution in [1.82, 2.24) is 4.57 Å². The SMILES string of the molecule is Cc1c(CCC(=O)O)c2c([N+](=O)[O-])cc(F)cc2n1C. The van der Waals surface area contributed by atoms with Gasteiger partial charge in [-0.1, -0.05) is 0 Å². The van der Waals surface area contributed by atoms with Crippen LogP contribution in [0, 0.1) is 22.9 Å². The zero-order chi connectivity index (χ0) is 15.0. The van der Waals surface area contributed by atoms with Gasteiger partial charge in [0.05, 0.1) is 21.9 Å². The molecule has 2 rings (SSSR count). The molecule has 0 spiro atoms. The number of rotatable bonds is 4. The van der Waals surface area contributed by atoms with Crippen LogP contribution in [0.2, 0.25) is 0 Å². The molecule has 1 heterocycles. The predicted molar refractivity (Wildman–Crippen MR) is 70.2 cm³/mol. The van der Waals surface area contributed by atoms with Gasteiger partial charge >= 0.3 is 5.97 Å². The average Bonchev–Trinajstić information content (AvgIpc) is 2.59. The Morgan fingerprint density at radius 2 is 2.15 bits per heavy atom. The summed E-state index contributed by atoms with van der Waals surface area (Å²) in [4.78, 5) is 21.1. The van der Waals surface area contributed by atoms with Gasteiger partial charge in [-0.15, -0.1) is 0 Å². The highest BCUT2D eigenvalue weighted by Crippen LogP contribution is 2.34. The zero-order valence-corrected chi connectivity index (χ0v) is 11.0. The van der Waals surface area contributed by atoms with Crippen molar-refractivity contribution in [2.75, 3.05) is 0 Å². The van der Waals surface area contributed by atoms with Gasteiger partial charge in [0.2, 0.25) is 0 Å². The van der Waals surface area contributed by atoms with E-state index in [-0.39, 0.29) is 18.5 Å². The minimum absolute atomic E-state index is 0.130. The molecule has 0 aliphatic heterocycles. The highest BCUT2D eigenvalue weighted by molar-refractivity contribution is 5.94. The molecule has 106 valence electrons. The van der Waals surface area contributed by atoms with Gasteiger partial charge in [-0.2, -0.15) is 0 Å². The maximum Gasteiger partial charge on any atom is 0.303 e. The van der Waals surface area contributed by atoms with Crippen LogP contribution in [0.5, 0.6) is 0 Å². The number of hydrogen-bond acceptors (Lipinski definition) is 3. The maximum atomic E-state index is 13.5. The van der Waals surface area contributed by atoms with Crippen LogP contribution in [0.4, 0.5) is 10.1 Å². The van der Waals surface area contributed by atoms with Gasteiger partial charge in [0.25, 0.3) is 5.69 Å². The predicted octanol–water partition coefficient (Wildman–Crippen LogP) is 2.55. The fraction of sp³-hybridized carbons (Fsp3) is 0.308. The number of carboxylic acid groups (broad SMARTS) is 1. The molecule has 0 radical (unpaired) electrons. The van der Waals surface area contributed by atoms with Gasteiger partial charge in [-0.05, 0) is 25.0 Å². The van der Waals surface area contributed by atoms with Gasteiger partial charge < -0.3 is 9.67 Å². The van der Waals surface area contributed by atoms with E-state index in [1.807, 2.05) is 0 Å². The first-order valence-electron chi connectivity index (χ1n) is 5.96. The van der Waals surface area contributed by atoms with Crippen molar-refractivity contribution in [2.45, 2.75) is 19.8 Å². The highest BCUT2D eigenvalue weighted by atomic mass is 19.1. The molecule has 0 bridgehead atoms. The third kappa shape index (κ3) is 2.22. The number of benzene rings is 1. The number of carboxylic acids is 1. The van der Waals surface area contributed by atoms with Crippen LogP contribution in [0.3, 0.4) is 0 Å². The lowest BCUT2D eigenvalue weighted by Crippen LogP contribution is -1.99. The number of aryl methyl sites for hydroxylation is 2. The van der Waals surface area contributed by atoms with Gasteiger partial charge in [0, 0.05) is 19.2 Å². The third-order valence-electron chi connectivity index (χ3n) is 3.45. The molecule has 0 aliphatic carbocycles. The molecule has 2 aromatic rings. The zero-order valence-electron chi connectivity index (χ0n) is 11.0. The summed E-state index contributed by atoms with van der Waals surface area (Å²) in [5.41, 5.74) is 1.35. The van der Waals surface area contributed by atoms with E-state index in [0.717, 1.165) is 6.07 Å². The summed E-state index contributed by atoms with van der Waals surface area (Å²) in [6.45, 7) is 1.73. The Morgan fingerprint density at radius 3 is 2.70 bits per heavy atom. The first-order valence-corrected chi connectivity index (χ1v) is 5.96. The van der Waals surface area contributed by atoms with Crippen LogP contribution in [0.15, 0.2) is 12.1 Å². The molecule has 1 aromatic carbocycles. The maximum absolute atomic E-state index is 13.5. The molecule has 6 nitrogen and oxygen atoms in total. The second-order valence-electron chi connectivity index (χ2n) is 4.59. The van der Waals surface area contributed by atoms with E-state index < -0.39 is 16.7 Å². The van der Waals surface area contributed by atoms with Crippen molar-refractivity contribution in [3.8, 4) is 0 Å². The number of hydrogen-bond donors (Lipinski definition) is 1. The second-order valence-corrected chi connectivity index (χ2v) is 4.59. The number of halogens is 1. The molecular weight excluding hydrogens is 267 g/mol. The molecule has 0 amide bonds. The number of aliphatic carboxylic acids is 1. The molecule has 0 unspecified atom stereocenters. The van der Waals surface area contributed by atoms with E-state index >= 15 is 0 Å². The smallest absolute Gasteiger partial charge is 0.303 e. The Labute approximate surface area is 113 Å². The molecular formula is C13H13FN2O4. The van der Waals surface area contributed by atoms with E-state index in [1.165, 1.54) is 6.07 Å². The monoisotopic (exact) mass is 280 g/mol. The number of fused-ring (bicyclic) bond motifs is 1. The summed E-state index contributed by atoms with van der Waals surface area (Å²) in [5.74, 6) is -1.67. The lowest BCUT2D eigenvalue weighted by Gasteiger charge is -2.00. The number of carbonyl (C=O) groups is 1. The number of aromatic nitrogens is 1. The summed E-state index contributed by atoms with van der Waals surface area (Å²) in [7, 11) is 1.67. The van der Waals surface area contributed by atoms with Crippen LogP contribution in [0.1, 0.15) is 17.7 Å². The van der Waals surface area contributed by atoms with Crippen LogP contribution in [0.25, 0.3) is 10.9 Å². The Kier molecular flexibility index (Phi) is 3.44. The van der Waals surface area contributed by atoms with Crippen LogP contribution >= 0.6 is 0 Å². The highest BCUT2D eigenvalue weighted by Gasteiger charge is 2.23. The van der Waals surface area contributed by atoms with E-state index in [2.05, 4.69) is 0 Å². The van der Waals surface area contributed by atoms with Gasteiger partial charge in [0.15, 0.2) is 0 Å². The summed E-state index contributed by atoms with van der Waals surface area (Å²) in [6, 6.07) is 2.09. The van der Waals surface area contributed by atoms with Crippen LogP contribution in [-0.4, -0.2) is 20.6 Å². The van der Waals surface area contributed by atoms with Gasteiger partial charge in [0.1, 0.15) is 5.82 Å². The number of nitro groups is 1. The fourth-order valence-electron chi connectivity index (χ4n) is 2.40. The molecule has 0 fully saturated rings. The van der Waals surface area contributed by atoms with E-state index in [9.17, 15) is 19.3 Å². The quantitative estimate of drug-likeness (QED) is 0.689. The van der Waals surface area contributed by atoms with Crippen molar-refractivity contribution in [3.63, 3.8) is 0 Å². The van der Waals surface area contributed by atoms with Crippen molar-refractivity contribution < 1.29 is 19.2 Å². The molecule has 7 heteroatoms. The van der Waals surface area contributed by atoms with E-state index in [4.69, 9.17) is 5.11 Å². The molecule has 1 aromatic heterocycles. The standard InChI is InChI=1S/C13H13FN2O4/c1-7-9(3-4-12(17)18)13-10(15(7)2)5-8(14)6-11(13)16(19)20/h5-6H,3-4H2,1-2H3,(H,17,18). The van der Waals surface area contributed by atoms with Crippen LogP contribution in [-0.2, 0) is 18.3 Å². The summed E-state index contributed by atoms with van der Waals surface area (Å²) < 4.78 is 15.1. The Bertz CT molecular complexity index is 721. The first-order chi connectivity index (χ1) is 9.32. The van der Waals surface area contributed by atoms with Gasteiger partial charge in [-0.3, -0.25) is 14.9 Å². The largest absolute Gasteiger partial charge is 0.481 e. The van der Waals surface area contributed by atoms with Crippen molar-refractivity contribution >= 4 is 22.6 Å². The molecule has 0 atom stereocenters. The summed E-state index contributed by atoms with van der Waals surface area (Å²) >= 11 is 0. The Hall–Kier alpha value is -2.44. The number of nitrogens with zero attached hydrogens (tertiary/aromatic N) is 2. The summed E-state index contributed by atoms with van der Waals surface area (Å²) in [6.07, 6.45) is 0.0411. The fourth-order valence-corrected chi connectivity index (χ4v) is 2.40. The van der Waals surface area contributed by atoms with Gasteiger partial charge in [-0.25, -0.2) is 4.39 Å². The number of nitro benzene ring substituents is 1. The normalized spacial score (nSPS) is 10.9. The molecule has 20 heavy (non-hydrogen) atoms. The molecule has 1 N–H and O–H groups in total. The van der Waals surface area contributed by atoms with Crippen molar-refractivity contribution in [2.24, 2.45) is 7.05 Å². The third-order valence-corrected chi connectivity index (χ3v) is 3.45. The van der Waals surface area contributed by atoms with E-state index in [0.29, 0.717) is 22.2 Å². The molecule has 0 saturated carbocycles. The minimum Gasteiger partial charge on any atom is -0.481 e. The average molecular weight is 280 g/mol. The minimum atomic E-state index is -0.980. The number of non-ortho nitro benzene ring substituents is 1. The Morgan fingerprint density at radius 1 is 1.50 bits per heavy atom. The lowest BCUT2D eigenvalue weighted by atomic mass is 10.0. The van der Waals surface area contributed by atoms with Crippen molar-refractivity contribution in [3.05, 3.63) is 39.3 Å². The first kappa shape index (κ1) is 14.0. The Balaban J connectivity index is 2.76. The lowest BCUT2D eigenvalue weighted by molar-refractivity contribution is -0.383. The second kappa shape index (κ2) is 4.92. The molecule has 0 saturated heterocycles. The topological polar surface area (TPSA) is 85.4 Å². The van der Waals surface area contributed by atoms with Crippen LogP contribution < -0.4 is 0 Å². The molecule has 0 aliphatic rings. The summed E-state index contributed by atoms with van der Waals surface area (Å²) in [5, 5.41) is 20.2. The van der Waals surface area contributed by atoms with Crippen molar-refractivity contribution in [1.29, 1.82) is 0 Å².